The van der Waals surface area contributed by atoms with Crippen LogP contribution in [-0.2, 0) is 6.42 Å². The number of benzene rings is 3. The Balaban J connectivity index is 1.70. The summed E-state index contributed by atoms with van der Waals surface area (Å²) in [5.41, 5.74) is 4.09. The molecule has 1 nitrogen and oxygen atoms in total. The molecule has 0 bridgehead atoms. The maximum atomic E-state index is 12.6. The predicted molar refractivity (Wildman–Crippen MR) is 89.7 cm³/mol. The van der Waals surface area contributed by atoms with Crippen molar-refractivity contribution in [2.24, 2.45) is 0 Å². The van der Waals surface area contributed by atoms with E-state index in [1.165, 1.54) is 20.9 Å². The molecule has 0 saturated heterocycles. The third kappa shape index (κ3) is 2.36. The van der Waals surface area contributed by atoms with Crippen LogP contribution >= 0.6 is 11.8 Å². The van der Waals surface area contributed by atoms with E-state index >= 15 is 0 Å². The molecule has 0 atom stereocenters. The molecule has 0 aliphatic carbocycles. The van der Waals surface area contributed by atoms with Crippen molar-refractivity contribution in [2.75, 3.05) is 0 Å². The highest BCUT2D eigenvalue weighted by Gasteiger charge is 2.18. The van der Waals surface area contributed by atoms with Crippen molar-refractivity contribution in [3.63, 3.8) is 0 Å². The summed E-state index contributed by atoms with van der Waals surface area (Å²) in [6, 6.07) is 24.0. The lowest BCUT2D eigenvalue weighted by molar-refractivity contribution is 0.103. The highest BCUT2D eigenvalue weighted by molar-refractivity contribution is 7.99. The Morgan fingerprint density at radius 3 is 2.32 bits per heavy atom. The lowest BCUT2D eigenvalue weighted by Crippen LogP contribution is -2.05. The molecule has 0 radical (unpaired) electrons. The van der Waals surface area contributed by atoms with Crippen molar-refractivity contribution in [3.05, 3.63) is 95.1 Å². The highest BCUT2D eigenvalue weighted by atomic mass is 32.2. The average Bonchev–Trinajstić information content (AvgIpc) is 2.59. The number of rotatable bonds is 2. The summed E-state index contributed by atoms with van der Waals surface area (Å²) in [5.74, 6) is 0.0901. The first-order valence-electron chi connectivity index (χ1n) is 7.30. The molecule has 4 rings (SSSR count). The number of carbonyl (C=O) groups is 1. The molecule has 0 N–H and O–H groups in total. The molecule has 0 spiro atoms. The Morgan fingerprint density at radius 1 is 0.727 bits per heavy atom. The average molecular weight is 302 g/mol. The molecule has 1 heterocycles. The summed E-state index contributed by atoms with van der Waals surface area (Å²) in [6.45, 7) is 0. The van der Waals surface area contributed by atoms with E-state index in [2.05, 4.69) is 30.3 Å². The SMILES string of the molecule is O=C(c1ccccc1)c1ccc2c(c1)Cc1ccccc1S2. The molecular weight excluding hydrogens is 288 g/mol. The highest BCUT2D eigenvalue weighted by Crippen LogP contribution is 2.39. The molecular formula is C20H14OS. The van der Waals surface area contributed by atoms with Crippen LogP contribution in [0.3, 0.4) is 0 Å². The lowest BCUT2D eigenvalue weighted by Gasteiger charge is -2.19. The molecule has 3 aromatic rings. The van der Waals surface area contributed by atoms with Crippen molar-refractivity contribution in [2.45, 2.75) is 16.2 Å². The van der Waals surface area contributed by atoms with E-state index < -0.39 is 0 Å². The van der Waals surface area contributed by atoms with Crippen LogP contribution in [-0.4, -0.2) is 5.78 Å². The molecule has 2 heteroatoms. The fourth-order valence-corrected chi connectivity index (χ4v) is 3.84. The minimum atomic E-state index is 0.0901. The van der Waals surface area contributed by atoms with Crippen molar-refractivity contribution >= 4 is 17.5 Å². The van der Waals surface area contributed by atoms with Gasteiger partial charge in [0.05, 0.1) is 0 Å². The molecule has 22 heavy (non-hydrogen) atoms. The number of ketones is 1. The van der Waals surface area contributed by atoms with Crippen molar-refractivity contribution < 1.29 is 4.79 Å². The topological polar surface area (TPSA) is 17.1 Å². The van der Waals surface area contributed by atoms with E-state index in [9.17, 15) is 4.79 Å². The van der Waals surface area contributed by atoms with Crippen molar-refractivity contribution in [1.29, 1.82) is 0 Å². The predicted octanol–water partition coefficient (Wildman–Crippen LogP) is 4.97. The zero-order valence-electron chi connectivity index (χ0n) is 12.0. The van der Waals surface area contributed by atoms with E-state index in [4.69, 9.17) is 0 Å². The second-order valence-corrected chi connectivity index (χ2v) is 6.49. The maximum Gasteiger partial charge on any atom is 0.193 e. The number of hydrogen-bond donors (Lipinski definition) is 0. The van der Waals surface area contributed by atoms with Gasteiger partial charge in [-0.15, -0.1) is 0 Å². The van der Waals surface area contributed by atoms with Crippen LogP contribution in [0, 0.1) is 0 Å². The van der Waals surface area contributed by atoms with Gasteiger partial charge in [0.1, 0.15) is 0 Å². The summed E-state index contributed by atoms with van der Waals surface area (Å²) in [5, 5.41) is 0. The fourth-order valence-electron chi connectivity index (χ4n) is 2.79. The van der Waals surface area contributed by atoms with E-state index in [-0.39, 0.29) is 5.78 Å². The standard InChI is InChI=1S/C20H14OS/c21-20(14-6-2-1-3-7-14)16-10-11-19-17(13-16)12-15-8-4-5-9-18(15)22-19/h1-11,13H,12H2. The van der Waals surface area contributed by atoms with Crippen LogP contribution in [0.25, 0.3) is 0 Å². The third-order valence-electron chi connectivity index (χ3n) is 3.93. The smallest absolute Gasteiger partial charge is 0.193 e. The molecule has 0 aromatic heterocycles. The van der Waals surface area contributed by atoms with Gasteiger partial charge in [-0.05, 0) is 41.8 Å². The zero-order chi connectivity index (χ0) is 14.9. The van der Waals surface area contributed by atoms with E-state index in [0.717, 1.165) is 17.5 Å². The minimum Gasteiger partial charge on any atom is -0.289 e. The van der Waals surface area contributed by atoms with E-state index in [1.54, 1.807) is 11.8 Å². The van der Waals surface area contributed by atoms with Gasteiger partial charge < -0.3 is 0 Å². The molecule has 0 saturated carbocycles. The molecule has 0 fully saturated rings. The summed E-state index contributed by atoms with van der Waals surface area (Å²) in [7, 11) is 0. The third-order valence-corrected chi connectivity index (χ3v) is 5.17. The Kier molecular flexibility index (Phi) is 3.32. The van der Waals surface area contributed by atoms with Crippen LogP contribution < -0.4 is 0 Å². The van der Waals surface area contributed by atoms with Gasteiger partial charge in [-0.2, -0.15) is 0 Å². The zero-order valence-corrected chi connectivity index (χ0v) is 12.8. The van der Waals surface area contributed by atoms with Crippen LogP contribution in [0.1, 0.15) is 27.0 Å². The second-order valence-electron chi connectivity index (χ2n) is 5.40. The first-order valence-corrected chi connectivity index (χ1v) is 8.11. The number of hydrogen-bond acceptors (Lipinski definition) is 2. The quantitative estimate of drug-likeness (QED) is 0.486. The Labute approximate surface area is 134 Å². The Hall–Kier alpha value is -2.32. The molecule has 3 aromatic carbocycles. The monoisotopic (exact) mass is 302 g/mol. The van der Waals surface area contributed by atoms with Gasteiger partial charge in [0, 0.05) is 20.9 Å². The molecule has 106 valence electrons. The fraction of sp³-hybridized carbons (Fsp3) is 0.0500. The van der Waals surface area contributed by atoms with Crippen LogP contribution in [0.15, 0.2) is 82.6 Å². The van der Waals surface area contributed by atoms with Gasteiger partial charge >= 0.3 is 0 Å². The van der Waals surface area contributed by atoms with Gasteiger partial charge in [-0.3, -0.25) is 4.79 Å². The van der Waals surface area contributed by atoms with Crippen LogP contribution in [0.2, 0.25) is 0 Å². The van der Waals surface area contributed by atoms with Gasteiger partial charge in [0.15, 0.2) is 5.78 Å². The molecule has 0 unspecified atom stereocenters. The first-order chi connectivity index (χ1) is 10.8. The van der Waals surface area contributed by atoms with Gasteiger partial charge in [0.25, 0.3) is 0 Å². The Morgan fingerprint density at radius 2 is 1.45 bits per heavy atom. The normalized spacial score (nSPS) is 12.4. The van der Waals surface area contributed by atoms with Crippen LogP contribution in [0.4, 0.5) is 0 Å². The van der Waals surface area contributed by atoms with Crippen molar-refractivity contribution in [1.82, 2.24) is 0 Å². The largest absolute Gasteiger partial charge is 0.289 e. The first kappa shape index (κ1) is 13.4. The second kappa shape index (κ2) is 5.47. The maximum absolute atomic E-state index is 12.6. The van der Waals surface area contributed by atoms with Gasteiger partial charge in [0.2, 0.25) is 0 Å². The van der Waals surface area contributed by atoms with Gasteiger partial charge in [-0.1, -0.05) is 60.3 Å². The van der Waals surface area contributed by atoms with Crippen LogP contribution in [0.5, 0.6) is 0 Å². The number of fused-ring (bicyclic) bond motifs is 2. The molecule has 1 aliphatic heterocycles. The minimum absolute atomic E-state index is 0.0901. The summed E-state index contributed by atoms with van der Waals surface area (Å²) in [4.78, 5) is 15.1. The molecule has 1 aliphatic rings. The summed E-state index contributed by atoms with van der Waals surface area (Å²) >= 11 is 1.79. The lowest BCUT2D eigenvalue weighted by atomic mass is 9.98. The summed E-state index contributed by atoms with van der Waals surface area (Å²) in [6.07, 6.45) is 0.897. The summed E-state index contributed by atoms with van der Waals surface area (Å²) < 4.78 is 0. The number of carbonyl (C=O) groups excluding carboxylic acids is 1. The molecule has 0 amide bonds. The Bertz CT molecular complexity index is 853. The van der Waals surface area contributed by atoms with Gasteiger partial charge in [-0.25, -0.2) is 0 Å². The van der Waals surface area contributed by atoms with Crippen molar-refractivity contribution in [3.8, 4) is 0 Å². The van der Waals surface area contributed by atoms with E-state index in [1.807, 2.05) is 42.5 Å². The van der Waals surface area contributed by atoms with E-state index in [0.29, 0.717) is 0 Å².